The second-order valence-electron chi connectivity index (χ2n) is 1.75. The molecule has 0 saturated carbocycles. The molecular weight excluding hydrogens is 149 g/mol. The number of aliphatic hydroxyl groups is 1. The molecule has 0 heterocycles. The molecule has 3 unspecified atom stereocenters. The SMILES string of the molecule is COC(CF)C(F)C(O)F. The van der Waals surface area contributed by atoms with E-state index in [0.29, 0.717) is 0 Å². The van der Waals surface area contributed by atoms with E-state index in [4.69, 9.17) is 5.11 Å². The predicted octanol–water partition coefficient (Wildman–Crippen LogP) is 0.597. The van der Waals surface area contributed by atoms with Crippen molar-refractivity contribution in [3.63, 3.8) is 0 Å². The second-order valence-corrected chi connectivity index (χ2v) is 1.75. The van der Waals surface area contributed by atoms with E-state index in [0.717, 1.165) is 7.11 Å². The molecule has 0 aliphatic carbocycles. The first kappa shape index (κ1) is 9.71. The summed E-state index contributed by atoms with van der Waals surface area (Å²) in [4.78, 5) is 0. The first-order valence-electron chi connectivity index (χ1n) is 2.68. The Balaban J connectivity index is 3.76. The van der Waals surface area contributed by atoms with Gasteiger partial charge in [-0.05, 0) is 0 Å². The maximum absolute atomic E-state index is 12.2. The molecule has 0 spiro atoms. The Morgan fingerprint density at radius 3 is 2.10 bits per heavy atom. The average Bonchev–Trinajstić information content (AvgIpc) is 1.90. The van der Waals surface area contributed by atoms with E-state index in [2.05, 4.69) is 4.74 Å². The molecular formula is C5H9F3O2. The number of aliphatic hydroxyl groups excluding tert-OH is 1. The Bertz CT molecular complexity index is 85.0. The van der Waals surface area contributed by atoms with Crippen LogP contribution in [0.15, 0.2) is 0 Å². The van der Waals surface area contributed by atoms with Gasteiger partial charge in [-0.1, -0.05) is 0 Å². The number of hydrogen-bond acceptors (Lipinski definition) is 2. The molecule has 2 nitrogen and oxygen atoms in total. The van der Waals surface area contributed by atoms with E-state index in [1.54, 1.807) is 0 Å². The average molecular weight is 158 g/mol. The van der Waals surface area contributed by atoms with E-state index in [1.165, 1.54) is 0 Å². The molecule has 3 atom stereocenters. The first-order chi connectivity index (χ1) is 4.63. The number of methoxy groups -OCH3 is 1. The fraction of sp³-hybridized carbons (Fsp3) is 1.00. The van der Waals surface area contributed by atoms with Crippen LogP contribution >= 0.6 is 0 Å². The van der Waals surface area contributed by atoms with Crippen LogP contribution in [0.25, 0.3) is 0 Å². The molecule has 0 aliphatic heterocycles. The zero-order chi connectivity index (χ0) is 8.15. The Labute approximate surface area is 56.6 Å². The van der Waals surface area contributed by atoms with Gasteiger partial charge in [0, 0.05) is 7.11 Å². The molecule has 1 N–H and O–H groups in total. The van der Waals surface area contributed by atoms with Gasteiger partial charge in [-0.3, -0.25) is 0 Å². The summed E-state index contributed by atoms with van der Waals surface area (Å²) < 4.78 is 39.7. The highest BCUT2D eigenvalue weighted by molar-refractivity contribution is 4.69. The Kier molecular flexibility index (Phi) is 4.38. The van der Waals surface area contributed by atoms with Gasteiger partial charge in [0.15, 0.2) is 6.17 Å². The van der Waals surface area contributed by atoms with Crippen molar-refractivity contribution in [1.29, 1.82) is 0 Å². The van der Waals surface area contributed by atoms with Crippen molar-refractivity contribution in [2.24, 2.45) is 0 Å². The maximum atomic E-state index is 12.2. The molecule has 0 rings (SSSR count). The van der Waals surface area contributed by atoms with Crippen molar-refractivity contribution in [2.45, 2.75) is 18.6 Å². The van der Waals surface area contributed by atoms with Crippen molar-refractivity contribution in [3.05, 3.63) is 0 Å². The van der Waals surface area contributed by atoms with Gasteiger partial charge in [0.1, 0.15) is 12.8 Å². The molecule has 0 bridgehead atoms. The van der Waals surface area contributed by atoms with Crippen LogP contribution in [0.1, 0.15) is 0 Å². The fourth-order valence-corrected chi connectivity index (χ4v) is 0.455. The first-order valence-corrected chi connectivity index (χ1v) is 2.68. The lowest BCUT2D eigenvalue weighted by atomic mass is 10.2. The van der Waals surface area contributed by atoms with Crippen molar-refractivity contribution in [1.82, 2.24) is 0 Å². The zero-order valence-electron chi connectivity index (χ0n) is 5.43. The number of hydrogen-bond donors (Lipinski definition) is 1. The molecule has 0 radical (unpaired) electrons. The van der Waals surface area contributed by atoms with Crippen molar-refractivity contribution >= 4 is 0 Å². The summed E-state index contributed by atoms with van der Waals surface area (Å²) in [6, 6.07) is 0. The fourth-order valence-electron chi connectivity index (χ4n) is 0.455. The largest absolute Gasteiger partial charge is 0.375 e. The van der Waals surface area contributed by atoms with E-state index in [-0.39, 0.29) is 0 Å². The normalized spacial score (nSPS) is 20.1. The molecule has 0 amide bonds. The van der Waals surface area contributed by atoms with Gasteiger partial charge in [0.2, 0.25) is 6.36 Å². The number of rotatable bonds is 4. The molecule has 0 aromatic rings. The van der Waals surface area contributed by atoms with Gasteiger partial charge < -0.3 is 9.84 Å². The minimum atomic E-state index is -2.68. The highest BCUT2D eigenvalue weighted by Crippen LogP contribution is 2.09. The van der Waals surface area contributed by atoms with Crippen LogP contribution in [0.4, 0.5) is 13.2 Å². The molecule has 0 saturated heterocycles. The minimum absolute atomic E-state index is 1.04. The summed E-state index contributed by atoms with van der Waals surface area (Å²) in [5.41, 5.74) is 0. The molecule has 62 valence electrons. The summed E-state index contributed by atoms with van der Waals surface area (Å²) in [6.45, 7) is -1.15. The predicted molar refractivity (Wildman–Crippen MR) is 28.8 cm³/mol. The van der Waals surface area contributed by atoms with Gasteiger partial charge in [0.25, 0.3) is 0 Å². The quantitative estimate of drug-likeness (QED) is 0.649. The summed E-state index contributed by atoms with van der Waals surface area (Å²) in [6.07, 6.45) is -6.50. The molecule has 5 heteroatoms. The van der Waals surface area contributed by atoms with Crippen molar-refractivity contribution in [3.8, 4) is 0 Å². The minimum Gasteiger partial charge on any atom is -0.375 e. The van der Waals surface area contributed by atoms with Gasteiger partial charge in [-0.2, -0.15) is 0 Å². The number of halogens is 3. The lowest BCUT2D eigenvalue weighted by Crippen LogP contribution is -2.34. The van der Waals surface area contributed by atoms with Crippen LogP contribution in [0.3, 0.4) is 0 Å². The van der Waals surface area contributed by atoms with Gasteiger partial charge in [0.05, 0.1) is 0 Å². The summed E-state index contributed by atoms with van der Waals surface area (Å²) in [5.74, 6) is 0. The topological polar surface area (TPSA) is 29.5 Å². The van der Waals surface area contributed by atoms with Crippen LogP contribution in [0.5, 0.6) is 0 Å². The van der Waals surface area contributed by atoms with Crippen LogP contribution in [-0.2, 0) is 4.74 Å². The third-order valence-electron chi connectivity index (χ3n) is 1.07. The Morgan fingerprint density at radius 2 is 2.00 bits per heavy atom. The van der Waals surface area contributed by atoms with Crippen molar-refractivity contribution < 1.29 is 23.0 Å². The lowest BCUT2D eigenvalue weighted by molar-refractivity contribution is -0.0938. The smallest absolute Gasteiger partial charge is 0.230 e. The Hall–Kier alpha value is -0.290. The second kappa shape index (κ2) is 4.51. The summed E-state index contributed by atoms with van der Waals surface area (Å²) in [5, 5.41) is 7.97. The third-order valence-corrected chi connectivity index (χ3v) is 1.07. The number of ether oxygens (including phenoxy) is 1. The Morgan fingerprint density at radius 1 is 1.50 bits per heavy atom. The molecule has 10 heavy (non-hydrogen) atoms. The highest BCUT2D eigenvalue weighted by atomic mass is 19.2. The summed E-state index contributed by atoms with van der Waals surface area (Å²) in [7, 11) is 1.04. The third kappa shape index (κ3) is 2.53. The maximum Gasteiger partial charge on any atom is 0.230 e. The lowest BCUT2D eigenvalue weighted by Gasteiger charge is -2.15. The van der Waals surface area contributed by atoms with Crippen LogP contribution in [0, 0.1) is 0 Å². The van der Waals surface area contributed by atoms with Gasteiger partial charge in [-0.25, -0.2) is 13.2 Å². The monoisotopic (exact) mass is 158 g/mol. The van der Waals surface area contributed by atoms with Gasteiger partial charge >= 0.3 is 0 Å². The standard InChI is InChI=1S/C5H9F3O2/c1-10-3(2-6)4(7)5(8)9/h3-5,9H,2H2,1H3. The number of alkyl halides is 3. The molecule has 0 aromatic carbocycles. The van der Waals surface area contributed by atoms with E-state index in [9.17, 15) is 13.2 Å². The van der Waals surface area contributed by atoms with Crippen LogP contribution in [0.2, 0.25) is 0 Å². The zero-order valence-corrected chi connectivity index (χ0v) is 5.43. The van der Waals surface area contributed by atoms with E-state index < -0.39 is 25.3 Å². The van der Waals surface area contributed by atoms with E-state index >= 15 is 0 Å². The van der Waals surface area contributed by atoms with Crippen molar-refractivity contribution in [2.75, 3.05) is 13.8 Å². The molecule has 0 aromatic heterocycles. The van der Waals surface area contributed by atoms with Crippen LogP contribution < -0.4 is 0 Å². The molecule has 0 aliphatic rings. The summed E-state index contributed by atoms with van der Waals surface area (Å²) >= 11 is 0. The van der Waals surface area contributed by atoms with Gasteiger partial charge in [-0.15, -0.1) is 0 Å². The highest BCUT2D eigenvalue weighted by Gasteiger charge is 2.27. The molecule has 0 fully saturated rings. The van der Waals surface area contributed by atoms with E-state index in [1.807, 2.05) is 0 Å². The van der Waals surface area contributed by atoms with Crippen LogP contribution in [-0.4, -0.2) is 37.5 Å².